The van der Waals surface area contributed by atoms with E-state index in [0.717, 1.165) is 6.54 Å². The van der Waals surface area contributed by atoms with Crippen molar-refractivity contribution in [1.29, 1.82) is 0 Å². The van der Waals surface area contributed by atoms with E-state index >= 15 is 0 Å². The van der Waals surface area contributed by atoms with Crippen molar-refractivity contribution in [1.82, 2.24) is 4.90 Å². The van der Waals surface area contributed by atoms with Crippen LogP contribution in [0.15, 0.2) is 0 Å². The number of amides is 1. The number of rotatable bonds is 3. The second-order valence-electron chi connectivity index (χ2n) is 5.17. The van der Waals surface area contributed by atoms with Crippen molar-refractivity contribution in [3.8, 4) is 0 Å². The highest BCUT2D eigenvalue weighted by molar-refractivity contribution is 5.65. The topological polar surface area (TPSA) is 40.5 Å². The summed E-state index contributed by atoms with van der Waals surface area (Å²) in [4.78, 5) is 12.4. The maximum atomic E-state index is 10.9. The molecule has 3 nitrogen and oxygen atoms in total. The molecule has 13 heavy (non-hydrogen) atoms. The SMILES string of the molecule is CC(C)(C)CN(CC1CC1)C(=O)O. The molecule has 0 aliphatic heterocycles. The average molecular weight is 185 g/mol. The van der Waals surface area contributed by atoms with Gasteiger partial charge in [0.15, 0.2) is 0 Å². The monoisotopic (exact) mass is 185 g/mol. The zero-order chi connectivity index (χ0) is 10.1. The lowest BCUT2D eigenvalue weighted by molar-refractivity contribution is 0.124. The highest BCUT2D eigenvalue weighted by Gasteiger charge is 2.28. The molecule has 1 aliphatic carbocycles. The summed E-state index contributed by atoms with van der Waals surface area (Å²) < 4.78 is 0. The molecule has 1 fully saturated rings. The lowest BCUT2D eigenvalue weighted by atomic mass is 9.96. The summed E-state index contributed by atoms with van der Waals surface area (Å²) in [5, 5.41) is 8.94. The van der Waals surface area contributed by atoms with E-state index < -0.39 is 6.09 Å². The number of carboxylic acid groups (broad SMARTS) is 1. The summed E-state index contributed by atoms with van der Waals surface area (Å²) in [6, 6.07) is 0. The Morgan fingerprint density at radius 3 is 2.31 bits per heavy atom. The van der Waals surface area contributed by atoms with Gasteiger partial charge < -0.3 is 10.0 Å². The third kappa shape index (κ3) is 4.15. The van der Waals surface area contributed by atoms with Crippen LogP contribution >= 0.6 is 0 Å². The molecule has 0 aromatic heterocycles. The van der Waals surface area contributed by atoms with Crippen LogP contribution in [0.25, 0.3) is 0 Å². The van der Waals surface area contributed by atoms with Gasteiger partial charge in [0.2, 0.25) is 0 Å². The minimum atomic E-state index is -0.776. The molecule has 0 heterocycles. The van der Waals surface area contributed by atoms with Crippen molar-refractivity contribution in [3.63, 3.8) is 0 Å². The van der Waals surface area contributed by atoms with Gasteiger partial charge in [-0.25, -0.2) is 4.79 Å². The number of hydrogen-bond donors (Lipinski definition) is 1. The lowest BCUT2D eigenvalue weighted by Crippen LogP contribution is -2.38. The molecule has 0 radical (unpaired) electrons. The molecule has 3 heteroatoms. The minimum Gasteiger partial charge on any atom is -0.465 e. The van der Waals surface area contributed by atoms with Crippen molar-refractivity contribution in [3.05, 3.63) is 0 Å². The Morgan fingerprint density at radius 1 is 1.46 bits per heavy atom. The second kappa shape index (κ2) is 3.56. The lowest BCUT2D eigenvalue weighted by Gasteiger charge is -2.27. The van der Waals surface area contributed by atoms with Crippen LogP contribution in [-0.4, -0.2) is 29.2 Å². The number of nitrogens with zero attached hydrogens (tertiary/aromatic N) is 1. The van der Waals surface area contributed by atoms with Gasteiger partial charge in [0.1, 0.15) is 0 Å². The molecule has 0 atom stereocenters. The molecule has 1 N–H and O–H groups in total. The van der Waals surface area contributed by atoms with Crippen LogP contribution in [0, 0.1) is 11.3 Å². The Balaban J connectivity index is 2.41. The van der Waals surface area contributed by atoms with E-state index in [1.165, 1.54) is 12.8 Å². The average Bonchev–Trinajstić information content (AvgIpc) is 2.66. The van der Waals surface area contributed by atoms with E-state index in [9.17, 15) is 4.79 Å². The maximum absolute atomic E-state index is 10.9. The summed E-state index contributed by atoms with van der Waals surface area (Å²) >= 11 is 0. The van der Waals surface area contributed by atoms with Crippen LogP contribution in [0.3, 0.4) is 0 Å². The first kappa shape index (κ1) is 10.4. The fourth-order valence-electron chi connectivity index (χ4n) is 1.39. The molecule has 0 spiro atoms. The Bertz CT molecular complexity index is 192. The van der Waals surface area contributed by atoms with Crippen LogP contribution in [-0.2, 0) is 0 Å². The van der Waals surface area contributed by atoms with Crippen LogP contribution in [0.4, 0.5) is 4.79 Å². The van der Waals surface area contributed by atoms with Gasteiger partial charge in [-0.1, -0.05) is 20.8 Å². The van der Waals surface area contributed by atoms with E-state index in [4.69, 9.17) is 5.11 Å². The van der Waals surface area contributed by atoms with E-state index in [2.05, 4.69) is 20.8 Å². The summed E-state index contributed by atoms with van der Waals surface area (Å²) in [6.07, 6.45) is 1.63. The van der Waals surface area contributed by atoms with Crippen molar-refractivity contribution in [2.75, 3.05) is 13.1 Å². The van der Waals surface area contributed by atoms with Crippen molar-refractivity contribution >= 4 is 6.09 Å². The smallest absolute Gasteiger partial charge is 0.407 e. The quantitative estimate of drug-likeness (QED) is 0.733. The standard InChI is InChI=1S/C10H19NO2/c1-10(2,3)7-11(9(12)13)6-8-4-5-8/h8H,4-7H2,1-3H3,(H,12,13). The zero-order valence-electron chi connectivity index (χ0n) is 8.71. The first-order valence-corrected chi connectivity index (χ1v) is 4.86. The molecule has 0 bridgehead atoms. The summed E-state index contributed by atoms with van der Waals surface area (Å²) in [5.41, 5.74) is 0.0628. The third-order valence-electron chi connectivity index (χ3n) is 2.11. The molecule has 1 amide bonds. The maximum Gasteiger partial charge on any atom is 0.407 e. The van der Waals surface area contributed by atoms with Crippen molar-refractivity contribution in [2.24, 2.45) is 11.3 Å². The van der Waals surface area contributed by atoms with Crippen molar-refractivity contribution < 1.29 is 9.90 Å². The summed E-state index contributed by atoms with van der Waals surface area (Å²) in [6.45, 7) is 7.56. The Morgan fingerprint density at radius 2 is 2.00 bits per heavy atom. The van der Waals surface area contributed by atoms with E-state index in [-0.39, 0.29) is 5.41 Å². The molecular weight excluding hydrogens is 166 g/mol. The second-order valence-corrected chi connectivity index (χ2v) is 5.17. The van der Waals surface area contributed by atoms with Crippen LogP contribution in [0.2, 0.25) is 0 Å². The Kier molecular flexibility index (Phi) is 2.84. The van der Waals surface area contributed by atoms with Gasteiger partial charge in [-0.05, 0) is 24.2 Å². The Labute approximate surface area is 79.7 Å². The van der Waals surface area contributed by atoms with E-state index in [0.29, 0.717) is 12.5 Å². The predicted octanol–water partition coefficient (Wildman–Crippen LogP) is 2.42. The summed E-state index contributed by atoms with van der Waals surface area (Å²) in [5.74, 6) is 0.637. The Hall–Kier alpha value is -0.730. The molecule has 1 aliphatic rings. The fourth-order valence-corrected chi connectivity index (χ4v) is 1.39. The predicted molar refractivity (Wildman–Crippen MR) is 51.8 cm³/mol. The molecular formula is C10H19NO2. The highest BCUT2D eigenvalue weighted by atomic mass is 16.4. The van der Waals surface area contributed by atoms with Crippen molar-refractivity contribution in [2.45, 2.75) is 33.6 Å². The molecule has 1 rings (SSSR count). The first-order valence-electron chi connectivity index (χ1n) is 4.86. The molecule has 1 saturated carbocycles. The molecule has 0 saturated heterocycles. The third-order valence-corrected chi connectivity index (χ3v) is 2.11. The van der Waals surface area contributed by atoms with E-state index in [1.807, 2.05) is 0 Å². The van der Waals surface area contributed by atoms with Crippen LogP contribution < -0.4 is 0 Å². The largest absolute Gasteiger partial charge is 0.465 e. The minimum absolute atomic E-state index is 0.0628. The van der Waals surface area contributed by atoms with Gasteiger partial charge in [0, 0.05) is 13.1 Å². The van der Waals surface area contributed by atoms with E-state index in [1.54, 1.807) is 4.90 Å². The molecule has 0 aromatic rings. The van der Waals surface area contributed by atoms with Crippen LogP contribution in [0.5, 0.6) is 0 Å². The van der Waals surface area contributed by atoms with Gasteiger partial charge >= 0.3 is 6.09 Å². The van der Waals surface area contributed by atoms with Crippen LogP contribution in [0.1, 0.15) is 33.6 Å². The molecule has 0 aromatic carbocycles. The van der Waals surface area contributed by atoms with Gasteiger partial charge in [0.05, 0.1) is 0 Å². The zero-order valence-corrected chi connectivity index (χ0v) is 8.71. The van der Waals surface area contributed by atoms with Gasteiger partial charge in [-0.15, -0.1) is 0 Å². The summed E-state index contributed by atoms with van der Waals surface area (Å²) in [7, 11) is 0. The number of carbonyl (C=O) groups is 1. The van der Waals surface area contributed by atoms with Gasteiger partial charge in [0.25, 0.3) is 0 Å². The number of hydrogen-bond acceptors (Lipinski definition) is 1. The highest BCUT2D eigenvalue weighted by Crippen LogP contribution is 2.30. The molecule has 76 valence electrons. The first-order chi connectivity index (χ1) is 5.88. The van der Waals surface area contributed by atoms with Gasteiger partial charge in [-0.2, -0.15) is 0 Å². The normalized spacial score (nSPS) is 17.2. The van der Waals surface area contributed by atoms with Gasteiger partial charge in [-0.3, -0.25) is 0 Å². The molecule has 0 unspecified atom stereocenters. The fraction of sp³-hybridized carbons (Fsp3) is 0.900.